The summed E-state index contributed by atoms with van der Waals surface area (Å²) in [5, 5.41) is 28.2. The molecule has 8 heteroatoms. The van der Waals surface area contributed by atoms with Crippen LogP contribution in [0.15, 0.2) is 17.1 Å². The van der Waals surface area contributed by atoms with Crippen LogP contribution in [0.4, 0.5) is 5.82 Å². The van der Waals surface area contributed by atoms with E-state index in [1.807, 2.05) is 0 Å². The summed E-state index contributed by atoms with van der Waals surface area (Å²) in [5.74, 6) is 0.0537. The molecule has 4 atom stereocenters. The summed E-state index contributed by atoms with van der Waals surface area (Å²) >= 11 is 0. The Hall–Kier alpha value is -1.48. The fourth-order valence-electron chi connectivity index (χ4n) is 1.73. The Morgan fingerprint density at radius 1 is 1.47 bits per heavy atom. The summed E-state index contributed by atoms with van der Waals surface area (Å²) in [7, 11) is 0. The Morgan fingerprint density at radius 2 is 2.18 bits per heavy atom. The van der Waals surface area contributed by atoms with Crippen molar-refractivity contribution in [2.45, 2.75) is 24.5 Å². The van der Waals surface area contributed by atoms with Gasteiger partial charge >= 0.3 is 5.69 Å². The van der Waals surface area contributed by atoms with Crippen molar-refractivity contribution in [1.29, 1.82) is 0 Å². The third kappa shape index (κ3) is 2.03. The van der Waals surface area contributed by atoms with Crippen LogP contribution in [-0.2, 0) is 4.74 Å². The van der Waals surface area contributed by atoms with E-state index in [0.717, 1.165) is 4.57 Å². The Bertz CT molecular complexity index is 462. The minimum atomic E-state index is -1.31. The molecule has 2 heterocycles. The molecule has 1 fully saturated rings. The van der Waals surface area contributed by atoms with Crippen molar-refractivity contribution < 1.29 is 20.1 Å². The highest BCUT2D eigenvalue weighted by atomic mass is 16.6. The van der Waals surface area contributed by atoms with Gasteiger partial charge in [0.25, 0.3) is 0 Å². The molecule has 0 aliphatic carbocycles. The number of aliphatic hydroxyl groups excluding tert-OH is 3. The second-order valence-electron chi connectivity index (χ2n) is 3.77. The predicted octanol–water partition coefficient (Wildman–Crippen LogP) is -2.56. The molecular formula is C9H13N3O5. The zero-order valence-electron chi connectivity index (χ0n) is 8.80. The minimum absolute atomic E-state index is 0.0537. The maximum Gasteiger partial charge on any atom is 0.351 e. The summed E-state index contributed by atoms with van der Waals surface area (Å²) in [6.07, 6.45) is -3.27. The van der Waals surface area contributed by atoms with Crippen LogP contribution in [0.25, 0.3) is 0 Å². The molecular weight excluding hydrogens is 230 g/mol. The lowest BCUT2D eigenvalue weighted by molar-refractivity contribution is -0.0549. The number of anilines is 1. The summed E-state index contributed by atoms with van der Waals surface area (Å²) in [4.78, 5) is 15.0. The van der Waals surface area contributed by atoms with E-state index in [-0.39, 0.29) is 5.82 Å². The van der Waals surface area contributed by atoms with Gasteiger partial charge in [-0.1, -0.05) is 0 Å². The van der Waals surface area contributed by atoms with Gasteiger partial charge in [-0.3, -0.25) is 4.57 Å². The molecule has 0 amide bonds. The first kappa shape index (κ1) is 12.0. The van der Waals surface area contributed by atoms with E-state index in [4.69, 9.17) is 15.6 Å². The molecule has 0 radical (unpaired) electrons. The Morgan fingerprint density at radius 3 is 2.71 bits per heavy atom. The third-order valence-corrected chi connectivity index (χ3v) is 2.64. The highest BCUT2D eigenvalue weighted by Gasteiger charge is 2.43. The molecule has 1 aromatic heterocycles. The number of rotatable bonds is 2. The van der Waals surface area contributed by atoms with Crippen molar-refractivity contribution in [3.8, 4) is 0 Å². The molecule has 0 saturated carbocycles. The molecule has 94 valence electrons. The van der Waals surface area contributed by atoms with Crippen molar-refractivity contribution in [2.24, 2.45) is 0 Å². The van der Waals surface area contributed by atoms with Crippen LogP contribution in [0.5, 0.6) is 0 Å². The Kier molecular flexibility index (Phi) is 3.11. The van der Waals surface area contributed by atoms with Gasteiger partial charge in [0.1, 0.15) is 24.1 Å². The summed E-state index contributed by atoms with van der Waals surface area (Å²) in [6, 6.07) is 1.37. The van der Waals surface area contributed by atoms with Gasteiger partial charge in [-0.05, 0) is 6.07 Å². The normalized spacial score (nSPS) is 32.9. The van der Waals surface area contributed by atoms with Crippen LogP contribution in [0.2, 0.25) is 0 Å². The Labute approximate surface area is 95.9 Å². The summed E-state index contributed by atoms with van der Waals surface area (Å²) < 4.78 is 6.19. The quantitative estimate of drug-likeness (QED) is 0.449. The van der Waals surface area contributed by atoms with E-state index >= 15 is 0 Å². The number of hydrogen-bond donors (Lipinski definition) is 4. The second kappa shape index (κ2) is 4.41. The highest BCUT2D eigenvalue weighted by molar-refractivity contribution is 5.23. The molecule has 1 aromatic rings. The molecule has 2 unspecified atom stereocenters. The molecule has 2 rings (SSSR count). The fraction of sp³-hybridized carbons (Fsp3) is 0.556. The standard InChI is InChI=1S/C9H13N3O5/c10-5-1-2-12(9(16)11-5)8-7(15)6(14)4(3-13)17-8/h1-2,4,6-8,13-15H,3H2,(H2,10,11,16)/t4?,6-,7?,8-/m1/s1. The van der Waals surface area contributed by atoms with Crippen molar-refractivity contribution in [1.82, 2.24) is 9.55 Å². The highest BCUT2D eigenvalue weighted by Crippen LogP contribution is 2.27. The van der Waals surface area contributed by atoms with Crippen molar-refractivity contribution in [3.05, 3.63) is 22.7 Å². The van der Waals surface area contributed by atoms with Gasteiger partial charge in [-0.2, -0.15) is 4.98 Å². The number of hydrogen-bond acceptors (Lipinski definition) is 7. The van der Waals surface area contributed by atoms with Gasteiger partial charge in [-0.25, -0.2) is 4.79 Å². The number of aliphatic hydroxyl groups is 3. The van der Waals surface area contributed by atoms with Crippen LogP contribution < -0.4 is 11.4 Å². The molecule has 5 N–H and O–H groups in total. The van der Waals surface area contributed by atoms with Crippen LogP contribution in [0, 0.1) is 0 Å². The van der Waals surface area contributed by atoms with Gasteiger partial charge < -0.3 is 25.8 Å². The first-order chi connectivity index (χ1) is 8.04. The van der Waals surface area contributed by atoms with Crippen LogP contribution >= 0.6 is 0 Å². The maximum atomic E-state index is 11.5. The average Bonchev–Trinajstić information content (AvgIpc) is 2.57. The molecule has 1 aliphatic heterocycles. The number of aromatic nitrogens is 2. The first-order valence-corrected chi connectivity index (χ1v) is 5.01. The predicted molar refractivity (Wildman–Crippen MR) is 55.9 cm³/mol. The van der Waals surface area contributed by atoms with E-state index in [2.05, 4.69) is 4.98 Å². The van der Waals surface area contributed by atoms with Crippen LogP contribution in [0.1, 0.15) is 6.23 Å². The van der Waals surface area contributed by atoms with E-state index in [9.17, 15) is 15.0 Å². The molecule has 17 heavy (non-hydrogen) atoms. The second-order valence-corrected chi connectivity index (χ2v) is 3.77. The van der Waals surface area contributed by atoms with Gasteiger partial charge in [0.2, 0.25) is 0 Å². The fourth-order valence-corrected chi connectivity index (χ4v) is 1.73. The van der Waals surface area contributed by atoms with Crippen molar-refractivity contribution in [2.75, 3.05) is 12.3 Å². The smallest absolute Gasteiger partial charge is 0.351 e. The lowest BCUT2D eigenvalue weighted by atomic mass is 10.1. The largest absolute Gasteiger partial charge is 0.394 e. The zero-order chi connectivity index (χ0) is 12.6. The minimum Gasteiger partial charge on any atom is -0.394 e. The topological polar surface area (TPSA) is 131 Å². The molecule has 1 aliphatic rings. The van der Waals surface area contributed by atoms with E-state index in [0.29, 0.717) is 0 Å². The SMILES string of the molecule is Nc1ccn([C@@H]2OC(CO)[C@@H](O)C2O)c(=O)n1. The molecule has 0 spiro atoms. The number of nitrogens with two attached hydrogens (primary N) is 1. The average molecular weight is 243 g/mol. The van der Waals surface area contributed by atoms with Crippen LogP contribution in [-0.4, -0.2) is 49.8 Å². The molecule has 0 aromatic carbocycles. The van der Waals surface area contributed by atoms with Crippen molar-refractivity contribution in [3.63, 3.8) is 0 Å². The van der Waals surface area contributed by atoms with Gasteiger partial charge in [0.05, 0.1) is 6.61 Å². The van der Waals surface area contributed by atoms with Crippen molar-refractivity contribution >= 4 is 5.82 Å². The van der Waals surface area contributed by atoms with Gasteiger partial charge in [-0.15, -0.1) is 0 Å². The third-order valence-electron chi connectivity index (χ3n) is 2.64. The lowest BCUT2D eigenvalue weighted by Gasteiger charge is -2.16. The number of nitrogens with zero attached hydrogens (tertiary/aromatic N) is 2. The first-order valence-electron chi connectivity index (χ1n) is 5.01. The maximum absolute atomic E-state index is 11.5. The van der Waals surface area contributed by atoms with Crippen LogP contribution in [0.3, 0.4) is 0 Å². The zero-order valence-corrected chi connectivity index (χ0v) is 8.80. The molecule has 8 nitrogen and oxygen atoms in total. The van der Waals surface area contributed by atoms with E-state index < -0.39 is 36.8 Å². The number of nitrogen functional groups attached to an aromatic ring is 1. The monoisotopic (exact) mass is 243 g/mol. The molecule has 1 saturated heterocycles. The lowest BCUT2D eigenvalue weighted by Crippen LogP contribution is -2.36. The molecule has 0 bridgehead atoms. The van der Waals surface area contributed by atoms with E-state index in [1.165, 1.54) is 12.3 Å². The summed E-state index contributed by atoms with van der Waals surface area (Å²) in [5.41, 5.74) is 4.63. The van der Waals surface area contributed by atoms with E-state index in [1.54, 1.807) is 0 Å². The summed E-state index contributed by atoms with van der Waals surface area (Å²) in [6.45, 7) is -0.453. The Balaban J connectivity index is 2.32. The number of ether oxygens (including phenoxy) is 1. The van der Waals surface area contributed by atoms with Gasteiger partial charge in [0, 0.05) is 6.20 Å². The van der Waals surface area contributed by atoms with Gasteiger partial charge in [0.15, 0.2) is 6.23 Å².